The maximum Gasteiger partial charge on any atom is 0.344 e. The van der Waals surface area contributed by atoms with Gasteiger partial charge in [-0.1, -0.05) is 23.2 Å². The molecule has 0 aromatic heterocycles. The number of methoxy groups -OCH3 is 1. The van der Waals surface area contributed by atoms with Gasteiger partial charge in [0.1, 0.15) is 22.7 Å². The van der Waals surface area contributed by atoms with Crippen molar-refractivity contribution < 1.29 is 28.9 Å². The summed E-state index contributed by atoms with van der Waals surface area (Å²) in [6.45, 7) is 5.05. The molecule has 7 nitrogen and oxygen atoms in total. The number of ether oxygens (including phenoxy) is 3. The number of halogens is 2. The minimum Gasteiger partial charge on any atom is -0.506 e. The Balaban J connectivity index is 2.19. The van der Waals surface area contributed by atoms with Crippen LogP contribution in [0.5, 0.6) is 11.5 Å². The van der Waals surface area contributed by atoms with Gasteiger partial charge < -0.3 is 24.6 Å². The second-order valence-electron chi connectivity index (χ2n) is 7.33. The van der Waals surface area contributed by atoms with E-state index >= 15 is 0 Å². The first-order valence-corrected chi connectivity index (χ1v) is 9.73. The average molecular weight is 456 g/mol. The first-order chi connectivity index (χ1) is 14.0. The first kappa shape index (κ1) is 23.6. The van der Waals surface area contributed by atoms with Crippen molar-refractivity contribution >= 4 is 40.8 Å². The highest BCUT2D eigenvalue weighted by Gasteiger charge is 2.19. The molecule has 0 fully saturated rings. The van der Waals surface area contributed by atoms with E-state index in [1.807, 2.05) is 0 Å². The molecule has 0 aliphatic carbocycles. The maximum absolute atomic E-state index is 12.0. The lowest BCUT2D eigenvalue weighted by Gasteiger charge is -2.20. The minimum atomic E-state index is -0.657. The van der Waals surface area contributed by atoms with Gasteiger partial charge in [-0.25, -0.2) is 9.59 Å². The Morgan fingerprint density at radius 1 is 1.13 bits per heavy atom. The Morgan fingerprint density at radius 3 is 2.47 bits per heavy atom. The van der Waals surface area contributed by atoms with Crippen LogP contribution in [0.15, 0.2) is 30.3 Å². The summed E-state index contributed by atoms with van der Waals surface area (Å²) in [5.74, 6) is -1.12. The molecular formula is C21H23Cl2NO6. The van der Waals surface area contributed by atoms with Crippen molar-refractivity contribution in [1.82, 2.24) is 0 Å². The number of carbonyl (C=O) groups is 2. The molecule has 2 N–H and O–H groups in total. The van der Waals surface area contributed by atoms with Crippen LogP contribution in [0.2, 0.25) is 10.0 Å². The Hall–Kier alpha value is -2.64. The van der Waals surface area contributed by atoms with E-state index in [1.165, 1.54) is 19.2 Å². The summed E-state index contributed by atoms with van der Waals surface area (Å²) in [6, 6.07) is 7.70. The summed E-state index contributed by atoms with van der Waals surface area (Å²) in [5.41, 5.74) is 0.549. The van der Waals surface area contributed by atoms with Gasteiger partial charge in [0.2, 0.25) is 0 Å². The Bertz CT molecular complexity index is 940. The van der Waals surface area contributed by atoms with Gasteiger partial charge in [0.15, 0.2) is 6.61 Å². The van der Waals surface area contributed by atoms with Crippen LogP contribution in [0.1, 0.15) is 36.7 Å². The van der Waals surface area contributed by atoms with E-state index in [2.05, 4.69) is 5.32 Å². The SMILES string of the molecule is COC(=O)c1ccc(NCc2cc(Cl)cc(Cl)c2O)cc1OCC(=O)OC(C)(C)C. The number of hydrogen-bond acceptors (Lipinski definition) is 7. The zero-order chi connectivity index (χ0) is 22.5. The molecule has 30 heavy (non-hydrogen) atoms. The van der Waals surface area contributed by atoms with E-state index in [0.29, 0.717) is 16.3 Å². The molecule has 2 aromatic rings. The van der Waals surface area contributed by atoms with Crippen molar-refractivity contribution in [1.29, 1.82) is 0 Å². The lowest BCUT2D eigenvalue weighted by Crippen LogP contribution is -2.27. The molecule has 0 saturated carbocycles. The van der Waals surface area contributed by atoms with Gasteiger partial charge in [0.25, 0.3) is 0 Å². The molecule has 0 amide bonds. The summed E-state index contributed by atoms with van der Waals surface area (Å²) in [6.07, 6.45) is 0. The first-order valence-electron chi connectivity index (χ1n) is 8.98. The molecule has 2 rings (SSSR count). The summed E-state index contributed by atoms with van der Waals surface area (Å²) < 4.78 is 15.5. The molecular weight excluding hydrogens is 433 g/mol. The highest BCUT2D eigenvalue weighted by Crippen LogP contribution is 2.32. The van der Waals surface area contributed by atoms with Crippen LogP contribution in [0.4, 0.5) is 5.69 Å². The minimum absolute atomic E-state index is 0.0823. The van der Waals surface area contributed by atoms with Crippen LogP contribution in [0.3, 0.4) is 0 Å². The fraction of sp³-hybridized carbons (Fsp3) is 0.333. The van der Waals surface area contributed by atoms with E-state index in [-0.39, 0.29) is 35.2 Å². The van der Waals surface area contributed by atoms with Gasteiger partial charge in [0, 0.05) is 28.9 Å². The van der Waals surface area contributed by atoms with Crippen molar-refractivity contribution in [3.05, 3.63) is 51.5 Å². The van der Waals surface area contributed by atoms with Crippen LogP contribution < -0.4 is 10.1 Å². The highest BCUT2D eigenvalue weighted by molar-refractivity contribution is 6.35. The molecule has 0 bridgehead atoms. The summed E-state index contributed by atoms with van der Waals surface area (Å²) >= 11 is 11.9. The van der Waals surface area contributed by atoms with E-state index in [9.17, 15) is 14.7 Å². The normalized spacial score (nSPS) is 11.0. The standard InChI is InChI=1S/C21H23Cl2NO6/c1-21(2,3)30-18(25)11-29-17-9-14(5-6-15(17)20(27)28-4)24-10-12-7-13(22)8-16(23)19(12)26/h5-9,24,26H,10-11H2,1-4H3. The molecule has 0 unspecified atom stereocenters. The van der Waals surface area contributed by atoms with E-state index in [4.69, 9.17) is 37.4 Å². The van der Waals surface area contributed by atoms with Crippen molar-refractivity contribution in [3.63, 3.8) is 0 Å². The molecule has 0 saturated heterocycles. The maximum atomic E-state index is 12.0. The zero-order valence-corrected chi connectivity index (χ0v) is 18.6. The van der Waals surface area contributed by atoms with E-state index in [1.54, 1.807) is 39.0 Å². The Morgan fingerprint density at radius 2 is 1.83 bits per heavy atom. The van der Waals surface area contributed by atoms with E-state index in [0.717, 1.165) is 0 Å². The van der Waals surface area contributed by atoms with Crippen molar-refractivity contribution in [2.75, 3.05) is 19.0 Å². The van der Waals surface area contributed by atoms with Crippen LogP contribution in [-0.2, 0) is 20.8 Å². The van der Waals surface area contributed by atoms with Gasteiger partial charge in [-0.15, -0.1) is 0 Å². The third kappa shape index (κ3) is 6.71. The number of carbonyl (C=O) groups excluding carboxylic acids is 2. The molecule has 0 radical (unpaired) electrons. The number of benzene rings is 2. The zero-order valence-electron chi connectivity index (χ0n) is 17.0. The second kappa shape index (κ2) is 9.91. The predicted octanol–water partition coefficient (Wildman–Crippen LogP) is 4.82. The number of aromatic hydroxyl groups is 1. The van der Waals surface area contributed by atoms with Crippen molar-refractivity contribution in [3.8, 4) is 11.5 Å². The van der Waals surface area contributed by atoms with Gasteiger partial charge in [0.05, 0.1) is 12.1 Å². The second-order valence-corrected chi connectivity index (χ2v) is 8.17. The van der Waals surface area contributed by atoms with Crippen molar-refractivity contribution in [2.24, 2.45) is 0 Å². The van der Waals surface area contributed by atoms with Gasteiger partial charge in [-0.05, 0) is 45.0 Å². The summed E-state index contributed by atoms with van der Waals surface area (Å²) in [7, 11) is 1.25. The highest BCUT2D eigenvalue weighted by atomic mass is 35.5. The summed E-state index contributed by atoms with van der Waals surface area (Å²) in [4.78, 5) is 24.0. The smallest absolute Gasteiger partial charge is 0.344 e. The molecule has 2 aromatic carbocycles. The molecule has 0 aliphatic rings. The third-order valence-electron chi connectivity index (χ3n) is 3.74. The number of esters is 2. The van der Waals surface area contributed by atoms with Crippen LogP contribution in [0, 0.1) is 0 Å². The average Bonchev–Trinajstić information content (AvgIpc) is 2.66. The fourth-order valence-electron chi connectivity index (χ4n) is 2.49. The van der Waals surface area contributed by atoms with Gasteiger partial charge >= 0.3 is 11.9 Å². The molecule has 9 heteroatoms. The molecule has 162 valence electrons. The number of rotatable bonds is 7. The summed E-state index contributed by atoms with van der Waals surface area (Å²) in [5, 5.41) is 13.7. The number of nitrogens with one attached hydrogen (secondary N) is 1. The topological polar surface area (TPSA) is 94.1 Å². The number of phenols is 1. The fourth-order valence-corrected chi connectivity index (χ4v) is 3.02. The van der Waals surface area contributed by atoms with E-state index < -0.39 is 17.5 Å². The Kier molecular flexibility index (Phi) is 7.81. The monoisotopic (exact) mass is 455 g/mol. The van der Waals surface area contributed by atoms with Crippen LogP contribution >= 0.6 is 23.2 Å². The lowest BCUT2D eigenvalue weighted by molar-refractivity contribution is -0.157. The van der Waals surface area contributed by atoms with Crippen LogP contribution in [-0.4, -0.2) is 36.4 Å². The largest absolute Gasteiger partial charge is 0.506 e. The van der Waals surface area contributed by atoms with Crippen LogP contribution in [0.25, 0.3) is 0 Å². The number of anilines is 1. The molecule has 0 heterocycles. The number of hydrogen-bond donors (Lipinski definition) is 2. The Labute approximate surface area is 184 Å². The van der Waals surface area contributed by atoms with Gasteiger partial charge in [-0.3, -0.25) is 0 Å². The molecule has 0 spiro atoms. The third-order valence-corrected chi connectivity index (χ3v) is 4.25. The quantitative estimate of drug-likeness (QED) is 0.577. The van der Waals surface area contributed by atoms with Crippen molar-refractivity contribution in [2.45, 2.75) is 32.9 Å². The molecule has 0 aliphatic heterocycles. The lowest BCUT2D eigenvalue weighted by atomic mass is 10.1. The molecule has 0 atom stereocenters. The predicted molar refractivity (Wildman–Crippen MR) is 115 cm³/mol. The van der Waals surface area contributed by atoms with Gasteiger partial charge in [-0.2, -0.15) is 0 Å². The number of phenolic OH excluding ortho intramolecular Hbond substituents is 1.